The van der Waals surface area contributed by atoms with E-state index in [0.717, 1.165) is 57.0 Å². The Bertz CT molecular complexity index is 3350. The first-order valence-corrected chi connectivity index (χ1v) is 29.9. The molecule has 4 aromatic carbocycles. The predicted molar refractivity (Wildman–Crippen MR) is 281 cm³/mol. The van der Waals surface area contributed by atoms with Gasteiger partial charge in [-0.05, 0) is 113 Å². The van der Waals surface area contributed by atoms with E-state index in [9.17, 15) is 42.8 Å². The number of fused-ring (bicyclic) bond motifs is 4. The van der Waals surface area contributed by atoms with E-state index in [1.54, 1.807) is 47.8 Å². The van der Waals surface area contributed by atoms with Gasteiger partial charge in [0.2, 0.25) is 9.60 Å². The number of anilines is 2. The van der Waals surface area contributed by atoms with E-state index in [-0.39, 0.29) is 31.9 Å². The van der Waals surface area contributed by atoms with Gasteiger partial charge in [-0.3, -0.25) is 9.11 Å². The fraction of sp³-hybridized carbons (Fsp3) is 0.238. The van der Waals surface area contributed by atoms with Crippen molar-refractivity contribution in [2.45, 2.75) is 70.2 Å². The second-order valence-corrected chi connectivity index (χ2v) is 24.0. The Morgan fingerprint density at radius 2 is 0.901 bits per heavy atom. The Morgan fingerprint density at radius 1 is 0.535 bits per heavy atom. The Morgan fingerprint density at radius 3 is 1.23 bits per heavy atom. The van der Waals surface area contributed by atoms with Crippen LogP contribution in [0.25, 0.3) is 20.4 Å². The quantitative estimate of drug-likeness (QED) is 0.0688. The van der Waals surface area contributed by atoms with Crippen LogP contribution in [0.1, 0.15) is 27.7 Å². The highest BCUT2D eigenvalue weighted by atomic mass is 32.2. The normalized spacial score (nSPS) is 14.5. The molecule has 0 radical (unpaired) electrons. The minimum absolute atomic E-state index is 0. The molecule has 5 heterocycles. The van der Waals surface area contributed by atoms with Gasteiger partial charge in [0.05, 0.1) is 63.1 Å². The molecule has 9 rings (SSSR count). The number of nitrogens with one attached hydrogen (secondary N) is 1. The maximum Gasteiger partial charge on any atom is 0.294 e. The lowest BCUT2D eigenvalue weighted by Gasteiger charge is -2.15. The lowest BCUT2D eigenvalue weighted by molar-refractivity contribution is 0.461. The maximum atomic E-state index is 11.3. The zero-order valence-electron chi connectivity index (χ0n) is 39.1. The van der Waals surface area contributed by atoms with Crippen molar-refractivity contribution in [3.8, 4) is 0 Å². The van der Waals surface area contributed by atoms with Crippen molar-refractivity contribution in [1.82, 2.24) is 26.8 Å². The number of hydrogen-bond acceptors (Lipinski definition) is 19. The van der Waals surface area contributed by atoms with Gasteiger partial charge in [-0.25, -0.2) is 16.8 Å². The molecular formula is C42H53N9O12S8. The monoisotopic (exact) mass is 1130 g/mol. The molecule has 29 heteroatoms. The zero-order chi connectivity index (χ0) is 50.3. The van der Waals surface area contributed by atoms with Crippen molar-refractivity contribution in [2.75, 3.05) is 34.6 Å². The van der Waals surface area contributed by atoms with Crippen LogP contribution in [0.2, 0.25) is 0 Å². The van der Waals surface area contributed by atoms with E-state index in [2.05, 4.69) is 25.3 Å². The standard InChI is InChI=1S/C18H18N4O6S4.2C9H11NO3S2.C6H7N.2H3N/c1-3-21-13-7-5-11(31(23,24)25)9-15(13)29-17(21)19-20-18-22(4-2)14-8-6-12(32(26,27)28)10-16(14)30-18;2*1-2-10-6-14-9-5-7(15(11,12)13)3-4-8(9)10;1-2-4-6-7-5-3-1;;/h5-10H,3-4H2,1-2H3,(H,23,24,25)(H,26,27,28);2*3-5H,2,6H2,1H3,(H,11,12,13);1-7H;2*1H3. The minimum atomic E-state index is -4.57. The number of quaternary nitrogens is 2. The van der Waals surface area contributed by atoms with E-state index < -0.39 is 40.5 Å². The van der Waals surface area contributed by atoms with E-state index in [1.807, 2.05) is 73.5 Å². The second kappa shape index (κ2) is 24.7. The van der Waals surface area contributed by atoms with Gasteiger partial charge in [-0.15, -0.1) is 33.7 Å². The first-order valence-electron chi connectivity index (χ1n) is 20.6. The largest absolute Gasteiger partial charge is 0.744 e. The second-order valence-electron chi connectivity index (χ2n) is 14.4. The van der Waals surface area contributed by atoms with Crippen LogP contribution in [0.5, 0.6) is 0 Å². The van der Waals surface area contributed by atoms with Crippen LogP contribution in [0.15, 0.2) is 149 Å². The topological polar surface area (TPSA) is 349 Å². The van der Waals surface area contributed by atoms with Crippen molar-refractivity contribution < 1.29 is 51.9 Å². The first kappa shape index (κ1) is 58.7. The van der Waals surface area contributed by atoms with Gasteiger partial charge in [0.1, 0.15) is 20.2 Å². The number of nitrogens with zero attached hydrogens (tertiary/aromatic N) is 6. The highest BCUT2D eigenvalue weighted by molar-refractivity contribution is 8.00. The van der Waals surface area contributed by atoms with E-state index in [4.69, 9.17) is 9.11 Å². The molecule has 6 aromatic rings. The van der Waals surface area contributed by atoms with E-state index >= 15 is 0 Å². The maximum absolute atomic E-state index is 11.3. The van der Waals surface area contributed by atoms with Crippen LogP contribution in [0.4, 0.5) is 11.4 Å². The van der Waals surface area contributed by atoms with Gasteiger partial charge in [0, 0.05) is 48.4 Å². The summed E-state index contributed by atoms with van der Waals surface area (Å²) in [5, 5.41) is 11.6. The average Bonchev–Trinajstić information content (AvgIpc) is 4.03. The van der Waals surface area contributed by atoms with Gasteiger partial charge in [-0.2, -0.15) is 16.8 Å². The number of rotatable bonds is 9. The summed E-state index contributed by atoms with van der Waals surface area (Å²) in [5.74, 6) is 1.67. The molecule has 0 atom stereocenters. The van der Waals surface area contributed by atoms with Gasteiger partial charge in [0.15, 0.2) is 0 Å². The Labute approximate surface area is 428 Å². The smallest absolute Gasteiger partial charge is 0.294 e. The zero-order valence-corrected chi connectivity index (χ0v) is 45.6. The van der Waals surface area contributed by atoms with Crippen molar-refractivity contribution >= 4 is 118 Å². The summed E-state index contributed by atoms with van der Waals surface area (Å²) in [4.78, 5) is 6.43. The van der Waals surface area contributed by atoms with Gasteiger partial charge in [0.25, 0.3) is 20.2 Å². The highest BCUT2D eigenvalue weighted by Crippen LogP contribution is 2.40. The minimum Gasteiger partial charge on any atom is -0.744 e. The van der Waals surface area contributed by atoms with E-state index in [0.29, 0.717) is 32.1 Å². The fourth-order valence-corrected chi connectivity index (χ4v) is 13.5. The molecule has 0 saturated carbocycles. The van der Waals surface area contributed by atoms with Gasteiger partial charge in [-0.1, -0.05) is 34.8 Å². The van der Waals surface area contributed by atoms with Crippen LogP contribution >= 0.6 is 46.2 Å². The molecule has 3 aliphatic rings. The lowest BCUT2D eigenvalue weighted by Crippen LogP contribution is -2.17. The number of thiazole rings is 2. The molecule has 71 heavy (non-hydrogen) atoms. The summed E-state index contributed by atoms with van der Waals surface area (Å²) in [7, 11) is -17.3. The third-order valence-electron chi connectivity index (χ3n) is 10.1. The Hall–Kier alpha value is -4.86. The molecule has 11 N–H and O–H groups in total. The molecule has 0 aliphatic carbocycles. The highest BCUT2D eigenvalue weighted by Gasteiger charge is 2.22. The fourth-order valence-electron chi connectivity index (χ4n) is 6.69. The third-order valence-corrected chi connectivity index (χ3v) is 17.7. The number of benzene rings is 4. The van der Waals surface area contributed by atoms with Crippen molar-refractivity contribution in [1.29, 1.82) is 0 Å². The Kier molecular flexibility index (Phi) is 20.4. The van der Waals surface area contributed by atoms with Crippen LogP contribution in [0, 0.1) is 0 Å². The molecule has 0 bridgehead atoms. The number of aromatic nitrogens is 2. The molecule has 0 unspecified atom stereocenters. The van der Waals surface area contributed by atoms with Crippen molar-refractivity contribution in [3.05, 3.63) is 119 Å². The van der Waals surface area contributed by atoms with Gasteiger partial charge >= 0.3 is 0 Å². The molecule has 21 nitrogen and oxygen atoms in total. The Balaban J connectivity index is 0.000000234. The number of thioether (sulfide) groups is 2. The summed E-state index contributed by atoms with van der Waals surface area (Å²) in [6.07, 6.45) is 11.6. The molecule has 0 saturated heterocycles. The van der Waals surface area contributed by atoms with Crippen LogP contribution in [-0.2, 0) is 53.6 Å². The van der Waals surface area contributed by atoms with Crippen LogP contribution in [0.3, 0.4) is 0 Å². The SMILES string of the molecule is C1=CC=CNC=C1.CCN1CSc2cc(S(=O)(=O)O)ccc21.CCN1CSc2cc(S(=O)(=O)O)ccc21.CCn1c(=NN=c2sc3cc(S(=O)(=O)[O-])ccc3n2CC)sc2cc(S(=O)(=O)[O-])ccc21.[NH4+].[NH4+]. The van der Waals surface area contributed by atoms with Crippen LogP contribution in [-0.4, -0.2) is 85.9 Å². The number of aryl methyl sites for hydroxylation is 2. The summed E-state index contributed by atoms with van der Waals surface area (Å²) in [5.41, 5.74) is 3.53. The predicted octanol–water partition coefficient (Wildman–Crippen LogP) is 7.55. The number of allylic oxidation sites excluding steroid dienone is 4. The molecule has 0 fully saturated rings. The first-order chi connectivity index (χ1) is 32.6. The molecule has 3 aliphatic heterocycles. The lowest BCUT2D eigenvalue weighted by atomic mass is 10.3. The summed E-state index contributed by atoms with van der Waals surface area (Å²) in [6.45, 7) is 10.8. The summed E-state index contributed by atoms with van der Waals surface area (Å²) < 4.78 is 134. The van der Waals surface area contributed by atoms with Gasteiger partial charge < -0.3 is 45.7 Å². The molecule has 0 spiro atoms. The van der Waals surface area contributed by atoms with Crippen LogP contribution < -0.4 is 37.0 Å². The van der Waals surface area contributed by atoms with Crippen molar-refractivity contribution in [2.24, 2.45) is 10.2 Å². The molecular weight excluding hydrogens is 1080 g/mol. The average molecular weight is 1130 g/mol. The third kappa shape index (κ3) is 14.7. The molecule has 2 aromatic heterocycles. The summed E-state index contributed by atoms with van der Waals surface area (Å²) >= 11 is 5.56. The summed E-state index contributed by atoms with van der Waals surface area (Å²) in [6, 6.07) is 17.7. The molecule has 386 valence electrons. The van der Waals surface area contributed by atoms with Crippen molar-refractivity contribution in [3.63, 3.8) is 0 Å². The number of hydrogen-bond donors (Lipinski definition) is 5. The van der Waals surface area contributed by atoms with E-state index in [1.165, 1.54) is 71.2 Å². The molecule has 0 amide bonds.